The predicted octanol–water partition coefficient (Wildman–Crippen LogP) is 0.0650. The second kappa shape index (κ2) is 5.94. The van der Waals surface area contributed by atoms with E-state index in [0.717, 1.165) is 0 Å². The minimum absolute atomic E-state index is 0.306. The summed E-state index contributed by atoms with van der Waals surface area (Å²) in [6.45, 7) is 0. The van der Waals surface area contributed by atoms with Crippen LogP contribution in [0.3, 0.4) is 0 Å². The van der Waals surface area contributed by atoms with Crippen molar-refractivity contribution in [1.29, 1.82) is 0 Å². The number of primary amides is 1. The number of urea groups is 1. The molecule has 1 aliphatic carbocycles. The fraction of sp³-hybridized carbons (Fsp3) is 0.833. The van der Waals surface area contributed by atoms with Crippen LogP contribution >= 0.6 is 0 Å². The molecule has 5 heteroatoms. The van der Waals surface area contributed by atoms with Gasteiger partial charge in [-0.2, -0.15) is 5.12 Å². The molecule has 1 rings (SSSR count). The van der Waals surface area contributed by atoms with Gasteiger partial charge >= 0.3 is 6.03 Å². The summed E-state index contributed by atoms with van der Waals surface area (Å²) in [6.07, 6.45) is 7.50. The molecule has 0 aromatic carbocycles. The number of nitrogens with two attached hydrogens (primary N) is 3. The Morgan fingerprint density at radius 3 is 1.27 bits per heavy atom. The van der Waals surface area contributed by atoms with E-state index in [4.69, 9.17) is 0 Å². The minimum atomic E-state index is -0.852. The van der Waals surface area contributed by atoms with E-state index in [1.807, 2.05) is 0 Å². The first-order valence-corrected chi connectivity index (χ1v) is 3.73. The van der Waals surface area contributed by atoms with Crippen LogP contribution in [0.15, 0.2) is 0 Å². The Bertz CT molecular complexity index is 104. The van der Waals surface area contributed by atoms with Crippen LogP contribution in [0.4, 0.5) is 4.79 Å². The monoisotopic (exact) mass is 160 g/mol. The largest absolute Gasteiger partial charge is 0.349 e. The summed E-state index contributed by atoms with van der Waals surface area (Å²) in [4.78, 5) is 9.60. The molecule has 0 heterocycles. The first kappa shape index (κ1) is 10.2. The molecule has 1 aliphatic rings. The fourth-order valence-corrected chi connectivity index (χ4v) is 0.884. The van der Waals surface area contributed by atoms with Crippen molar-refractivity contribution in [3.05, 3.63) is 0 Å². The van der Waals surface area contributed by atoms with E-state index in [1.165, 1.54) is 32.1 Å². The van der Waals surface area contributed by atoms with Crippen LogP contribution in [-0.2, 0) is 0 Å². The second-order valence-electron chi connectivity index (χ2n) is 2.51. The summed E-state index contributed by atoms with van der Waals surface area (Å²) in [5.74, 6) is 9.14. The van der Waals surface area contributed by atoms with Gasteiger partial charge in [0.05, 0.1) is 0 Å². The molecule has 1 fully saturated rings. The number of hydrazine groups is 2. The first-order chi connectivity index (χ1) is 5.14. The van der Waals surface area contributed by atoms with E-state index in [0.29, 0.717) is 5.12 Å². The molecule has 0 aliphatic heterocycles. The Labute approximate surface area is 66.4 Å². The van der Waals surface area contributed by atoms with E-state index >= 15 is 0 Å². The summed E-state index contributed by atoms with van der Waals surface area (Å²) in [7, 11) is 0. The average molecular weight is 160 g/mol. The van der Waals surface area contributed by atoms with Gasteiger partial charge in [0.15, 0.2) is 0 Å². The number of nitrogens with zero attached hydrogens (tertiary/aromatic N) is 1. The lowest BCUT2D eigenvalue weighted by Crippen LogP contribution is -2.46. The zero-order valence-electron chi connectivity index (χ0n) is 6.62. The quantitative estimate of drug-likeness (QED) is 0.265. The van der Waals surface area contributed by atoms with Crippen molar-refractivity contribution in [1.82, 2.24) is 5.12 Å². The topological polar surface area (TPSA) is 98.4 Å². The zero-order chi connectivity index (χ0) is 8.69. The molecule has 0 spiro atoms. The summed E-state index contributed by atoms with van der Waals surface area (Å²) < 4.78 is 0. The van der Waals surface area contributed by atoms with Crippen LogP contribution in [0.2, 0.25) is 0 Å². The van der Waals surface area contributed by atoms with Crippen molar-refractivity contribution in [2.75, 3.05) is 0 Å². The van der Waals surface area contributed by atoms with E-state index < -0.39 is 6.03 Å². The second-order valence-corrected chi connectivity index (χ2v) is 2.51. The lowest BCUT2D eigenvalue weighted by molar-refractivity contribution is 0.210. The van der Waals surface area contributed by atoms with Crippen LogP contribution in [0, 0.1) is 0 Å². The summed E-state index contributed by atoms with van der Waals surface area (Å²) in [5, 5.41) is 0.306. The van der Waals surface area contributed by atoms with Crippen LogP contribution < -0.4 is 17.4 Å². The highest BCUT2D eigenvalue weighted by Gasteiger charge is 1.95. The zero-order valence-corrected chi connectivity index (χ0v) is 6.62. The van der Waals surface area contributed by atoms with Gasteiger partial charge in [0, 0.05) is 0 Å². The number of carbonyl (C=O) groups is 1. The van der Waals surface area contributed by atoms with Crippen LogP contribution in [0.25, 0.3) is 0 Å². The molecule has 11 heavy (non-hydrogen) atoms. The van der Waals surface area contributed by atoms with Gasteiger partial charge in [-0.05, 0) is 0 Å². The third-order valence-electron chi connectivity index (χ3n) is 1.50. The Hall–Kier alpha value is -0.810. The van der Waals surface area contributed by atoms with E-state index in [-0.39, 0.29) is 0 Å². The Morgan fingerprint density at radius 1 is 1.00 bits per heavy atom. The molecular weight excluding hydrogens is 144 g/mol. The highest BCUT2D eigenvalue weighted by molar-refractivity contribution is 5.70. The van der Waals surface area contributed by atoms with Gasteiger partial charge in [-0.25, -0.2) is 16.5 Å². The molecule has 1 saturated carbocycles. The summed E-state index contributed by atoms with van der Waals surface area (Å²) in [6, 6.07) is -0.852. The highest BCUT2D eigenvalue weighted by atomic mass is 16.2. The molecule has 0 saturated heterocycles. The summed E-state index contributed by atoms with van der Waals surface area (Å²) in [5.41, 5.74) is 4.47. The Morgan fingerprint density at radius 2 is 1.18 bits per heavy atom. The molecule has 2 amide bonds. The average Bonchev–Trinajstić information content (AvgIpc) is 2.41. The maximum Gasteiger partial charge on any atom is 0.343 e. The van der Waals surface area contributed by atoms with Crippen molar-refractivity contribution >= 4 is 6.03 Å². The van der Waals surface area contributed by atoms with Gasteiger partial charge in [0.25, 0.3) is 0 Å². The molecule has 6 N–H and O–H groups in total. The number of hydrogen-bond acceptors (Lipinski definition) is 3. The van der Waals surface area contributed by atoms with Crippen molar-refractivity contribution in [2.45, 2.75) is 32.1 Å². The molecule has 66 valence electrons. The molecule has 0 atom stereocenters. The van der Waals surface area contributed by atoms with Crippen molar-refractivity contribution in [3.63, 3.8) is 0 Å². The van der Waals surface area contributed by atoms with Crippen molar-refractivity contribution < 1.29 is 4.79 Å². The highest BCUT2D eigenvalue weighted by Crippen LogP contribution is 2.15. The van der Waals surface area contributed by atoms with Gasteiger partial charge in [-0.15, -0.1) is 0 Å². The smallest absolute Gasteiger partial charge is 0.343 e. The third kappa shape index (κ3) is 7.08. The predicted molar refractivity (Wildman–Crippen MR) is 42.9 cm³/mol. The van der Waals surface area contributed by atoms with Gasteiger partial charge in [-0.3, -0.25) is 0 Å². The summed E-state index contributed by atoms with van der Waals surface area (Å²) >= 11 is 0. The lowest BCUT2D eigenvalue weighted by Gasteiger charge is -2.00. The van der Waals surface area contributed by atoms with Gasteiger partial charge in [-0.1, -0.05) is 32.1 Å². The van der Waals surface area contributed by atoms with Crippen molar-refractivity contribution in [2.24, 2.45) is 17.4 Å². The number of hydrogen-bond donors (Lipinski definition) is 3. The Kier molecular flexibility index (Phi) is 5.50. The minimum Gasteiger partial charge on any atom is -0.349 e. The van der Waals surface area contributed by atoms with Gasteiger partial charge < -0.3 is 5.73 Å². The first-order valence-electron chi connectivity index (χ1n) is 3.73. The molecule has 5 nitrogen and oxygen atoms in total. The van der Waals surface area contributed by atoms with Crippen LogP contribution in [-0.4, -0.2) is 11.1 Å². The van der Waals surface area contributed by atoms with Gasteiger partial charge in [0.1, 0.15) is 0 Å². The van der Waals surface area contributed by atoms with Crippen LogP contribution in [0.5, 0.6) is 0 Å². The molecule has 0 aromatic rings. The number of carbonyl (C=O) groups excluding carboxylic acids is 1. The van der Waals surface area contributed by atoms with E-state index in [9.17, 15) is 4.79 Å². The molecule has 0 unspecified atom stereocenters. The SMILES string of the molecule is C1CCCC1.NC(=O)N(N)N. The number of amides is 2. The van der Waals surface area contributed by atoms with Gasteiger partial charge in [0.2, 0.25) is 0 Å². The maximum absolute atomic E-state index is 9.60. The fourth-order valence-electron chi connectivity index (χ4n) is 0.884. The third-order valence-corrected chi connectivity index (χ3v) is 1.50. The van der Waals surface area contributed by atoms with Crippen molar-refractivity contribution in [3.8, 4) is 0 Å². The van der Waals surface area contributed by atoms with E-state index in [1.54, 1.807) is 0 Å². The lowest BCUT2D eigenvalue weighted by atomic mass is 10.4. The molecule has 0 bridgehead atoms. The molecular formula is C6H16N4O. The molecule has 0 radical (unpaired) electrons. The Balaban J connectivity index is 0.000000183. The standard InChI is InChI=1S/C5H10.CH6N4O/c1-2-4-5-3-1;2-1(6)5(3)4/h1-5H2;3-4H2,(H2,2,6). The molecule has 0 aromatic heterocycles. The van der Waals surface area contributed by atoms with Crippen LogP contribution in [0.1, 0.15) is 32.1 Å². The number of rotatable bonds is 0. The van der Waals surface area contributed by atoms with E-state index in [2.05, 4.69) is 17.4 Å². The normalized spacial score (nSPS) is 15.1. The maximum atomic E-state index is 9.60.